The first-order valence-electron chi connectivity index (χ1n) is 2.31. The Labute approximate surface area is 47.7 Å². The van der Waals surface area contributed by atoms with Gasteiger partial charge in [0, 0.05) is 0 Å². The third kappa shape index (κ3) is 1.33. The van der Waals surface area contributed by atoms with Crippen LogP contribution in [0.25, 0.3) is 0 Å². The van der Waals surface area contributed by atoms with Gasteiger partial charge in [-0.2, -0.15) is 0 Å². The summed E-state index contributed by atoms with van der Waals surface area (Å²) in [4.78, 5) is 0. The minimum Gasteiger partial charge on any atom is -0.295 e. The average molecular weight is 119 g/mol. The molecule has 0 spiro atoms. The van der Waals surface area contributed by atoms with Crippen molar-refractivity contribution in [3.8, 4) is 0 Å². The Kier molecular flexibility index (Phi) is 1.28. The lowest BCUT2D eigenvalue weighted by atomic mass is 10.4. The molecule has 1 aliphatic carbocycles. The number of hydrogen-bond acceptors (Lipinski definition) is 3. The highest BCUT2D eigenvalue weighted by Crippen LogP contribution is 2.40. The minimum atomic E-state index is 0.138. The molecule has 2 N–H and O–H groups in total. The maximum Gasteiger partial charge on any atom is 0.0817 e. The summed E-state index contributed by atoms with van der Waals surface area (Å²) in [5.41, 5.74) is 0.138. The molecule has 0 unspecified atom stereocenters. The van der Waals surface area contributed by atoms with Crippen LogP contribution in [0.5, 0.6) is 0 Å². The van der Waals surface area contributed by atoms with Crippen LogP contribution in [-0.2, 0) is 4.18 Å². The summed E-state index contributed by atoms with van der Waals surface area (Å²) in [6.45, 7) is 2.06. The van der Waals surface area contributed by atoms with E-state index in [1.54, 1.807) is 0 Å². The Morgan fingerprint density at radius 1 is 1.71 bits per heavy atom. The molecule has 1 saturated carbocycles. The summed E-state index contributed by atoms with van der Waals surface area (Å²) < 4.78 is 5.03. The molecule has 0 aromatic heterocycles. The van der Waals surface area contributed by atoms with Crippen LogP contribution < -0.4 is 5.14 Å². The van der Waals surface area contributed by atoms with Gasteiger partial charge in [-0.3, -0.25) is 9.32 Å². The van der Waals surface area contributed by atoms with Gasteiger partial charge >= 0.3 is 0 Å². The van der Waals surface area contributed by atoms with Crippen molar-refractivity contribution in [2.45, 2.75) is 25.4 Å². The molecule has 42 valence electrons. The molecule has 3 heteroatoms. The molecule has 0 amide bonds. The Bertz CT molecular complexity index is 72.1. The number of nitrogens with two attached hydrogens (primary N) is 1. The first-order chi connectivity index (χ1) is 3.27. The number of hydrogen-bond donors (Lipinski definition) is 1. The highest BCUT2D eigenvalue weighted by Gasteiger charge is 2.39. The van der Waals surface area contributed by atoms with E-state index in [0.29, 0.717) is 0 Å². The summed E-state index contributed by atoms with van der Waals surface area (Å²) >= 11 is 0.971. The van der Waals surface area contributed by atoms with Gasteiger partial charge in [0.15, 0.2) is 0 Å². The van der Waals surface area contributed by atoms with E-state index in [1.165, 1.54) is 0 Å². The summed E-state index contributed by atoms with van der Waals surface area (Å²) in [6, 6.07) is 0. The van der Waals surface area contributed by atoms with E-state index in [0.717, 1.165) is 25.1 Å². The zero-order valence-electron chi connectivity index (χ0n) is 4.31. The van der Waals surface area contributed by atoms with Crippen LogP contribution in [0.4, 0.5) is 0 Å². The molecule has 0 saturated heterocycles. The Morgan fingerprint density at radius 2 is 2.29 bits per heavy atom. The molecule has 0 atom stereocenters. The van der Waals surface area contributed by atoms with Crippen molar-refractivity contribution in [3.05, 3.63) is 0 Å². The topological polar surface area (TPSA) is 35.2 Å². The molecule has 0 radical (unpaired) electrons. The van der Waals surface area contributed by atoms with E-state index in [4.69, 9.17) is 9.32 Å². The van der Waals surface area contributed by atoms with Crippen LogP contribution in [0.15, 0.2) is 0 Å². The molecule has 1 fully saturated rings. The predicted molar refractivity (Wildman–Crippen MR) is 30.5 cm³/mol. The zero-order valence-corrected chi connectivity index (χ0v) is 5.12. The molecule has 0 bridgehead atoms. The summed E-state index contributed by atoms with van der Waals surface area (Å²) in [5.74, 6) is 0. The molecule has 7 heavy (non-hydrogen) atoms. The van der Waals surface area contributed by atoms with E-state index < -0.39 is 0 Å². The van der Waals surface area contributed by atoms with Crippen molar-refractivity contribution in [2.24, 2.45) is 5.14 Å². The van der Waals surface area contributed by atoms with Gasteiger partial charge in [-0.1, -0.05) is 0 Å². The van der Waals surface area contributed by atoms with Crippen LogP contribution in [0.1, 0.15) is 19.8 Å². The van der Waals surface area contributed by atoms with Crippen molar-refractivity contribution in [3.63, 3.8) is 0 Å². The third-order valence-electron chi connectivity index (χ3n) is 1.20. The van der Waals surface area contributed by atoms with Crippen LogP contribution in [0.2, 0.25) is 0 Å². The molecule has 0 aliphatic heterocycles. The van der Waals surface area contributed by atoms with Gasteiger partial charge < -0.3 is 0 Å². The van der Waals surface area contributed by atoms with E-state index in [2.05, 4.69) is 6.92 Å². The Morgan fingerprint density at radius 3 is 2.43 bits per heavy atom. The zero-order chi connectivity index (χ0) is 5.33. The first kappa shape index (κ1) is 5.41. The van der Waals surface area contributed by atoms with E-state index >= 15 is 0 Å². The largest absolute Gasteiger partial charge is 0.295 e. The van der Waals surface area contributed by atoms with Crippen molar-refractivity contribution >= 4 is 12.2 Å². The normalized spacial score (nSPS) is 24.9. The fourth-order valence-corrected chi connectivity index (χ4v) is 0.774. The monoisotopic (exact) mass is 119 g/mol. The average Bonchev–Trinajstić information content (AvgIpc) is 2.22. The highest BCUT2D eigenvalue weighted by atomic mass is 32.2. The lowest BCUT2D eigenvalue weighted by Crippen LogP contribution is -2.03. The van der Waals surface area contributed by atoms with Gasteiger partial charge in [-0.25, -0.2) is 0 Å². The fraction of sp³-hybridized carbons (Fsp3) is 1.00. The predicted octanol–water partition coefficient (Wildman–Crippen LogP) is 1.08. The van der Waals surface area contributed by atoms with Gasteiger partial charge in [0.05, 0.1) is 17.8 Å². The highest BCUT2D eigenvalue weighted by molar-refractivity contribution is 7.92. The van der Waals surface area contributed by atoms with Crippen molar-refractivity contribution in [1.29, 1.82) is 0 Å². The quantitative estimate of drug-likeness (QED) is 0.436. The maximum atomic E-state index is 5.05. The molecule has 1 aliphatic rings. The summed E-state index contributed by atoms with van der Waals surface area (Å²) in [6.07, 6.45) is 2.33. The second-order valence-electron chi connectivity index (χ2n) is 2.13. The molecular weight excluding hydrogens is 110 g/mol. The third-order valence-corrected chi connectivity index (χ3v) is 1.70. The number of rotatable bonds is 2. The molecule has 0 aromatic rings. The van der Waals surface area contributed by atoms with Crippen LogP contribution in [-0.4, -0.2) is 5.60 Å². The van der Waals surface area contributed by atoms with Gasteiger partial charge in [0.1, 0.15) is 0 Å². The Balaban J connectivity index is 2.13. The van der Waals surface area contributed by atoms with E-state index in [-0.39, 0.29) is 5.60 Å². The van der Waals surface area contributed by atoms with Crippen molar-refractivity contribution < 1.29 is 4.18 Å². The summed E-state index contributed by atoms with van der Waals surface area (Å²) in [7, 11) is 0. The van der Waals surface area contributed by atoms with Gasteiger partial charge in [0.25, 0.3) is 0 Å². The molecule has 1 rings (SSSR count). The standard InChI is InChI=1S/C4H9NOS/c1-4(2-3-4)6-7-5/h2-3,5H2,1H3. The van der Waals surface area contributed by atoms with Crippen LogP contribution in [0, 0.1) is 0 Å². The molecule has 0 heterocycles. The van der Waals surface area contributed by atoms with Gasteiger partial charge in [-0.15, -0.1) is 0 Å². The Hall–Kier alpha value is 0.270. The molecular formula is C4H9NOS. The second-order valence-corrected chi connectivity index (χ2v) is 2.49. The minimum absolute atomic E-state index is 0.138. The van der Waals surface area contributed by atoms with Gasteiger partial charge in [0.2, 0.25) is 0 Å². The smallest absolute Gasteiger partial charge is 0.0817 e. The van der Waals surface area contributed by atoms with Crippen molar-refractivity contribution in [1.82, 2.24) is 0 Å². The fourth-order valence-electron chi connectivity index (χ4n) is 0.376. The van der Waals surface area contributed by atoms with E-state index in [1.807, 2.05) is 0 Å². The van der Waals surface area contributed by atoms with E-state index in [9.17, 15) is 0 Å². The van der Waals surface area contributed by atoms with Crippen molar-refractivity contribution in [2.75, 3.05) is 0 Å². The second kappa shape index (κ2) is 1.65. The molecule has 0 aromatic carbocycles. The lowest BCUT2D eigenvalue weighted by Gasteiger charge is -2.02. The van der Waals surface area contributed by atoms with Crippen LogP contribution in [0.3, 0.4) is 0 Å². The molecule has 2 nitrogen and oxygen atoms in total. The van der Waals surface area contributed by atoms with Gasteiger partial charge in [-0.05, 0) is 19.8 Å². The summed E-state index contributed by atoms with van der Waals surface area (Å²) in [5, 5.41) is 5.05. The first-order valence-corrected chi connectivity index (χ1v) is 3.12. The maximum absolute atomic E-state index is 5.05. The SMILES string of the molecule is CC1(OSN)CC1. The lowest BCUT2D eigenvalue weighted by molar-refractivity contribution is 0.243. The van der Waals surface area contributed by atoms with Crippen LogP contribution >= 0.6 is 12.2 Å².